The highest BCUT2D eigenvalue weighted by Gasteiger charge is 2.28. The summed E-state index contributed by atoms with van der Waals surface area (Å²) in [5.74, 6) is 2.52. The van der Waals surface area contributed by atoms with Gasteiger partial charge in [0.1, 0.15) is 17.0 Å². The Hall–Kier alpha value is -1.97. The van der Waals surface area contributed by atoms with Crippen LogP contribution in [0.4, 0.5) is 5.69 Å². The number of rotatable bonds is 4. The van der Waals surface area contributed by atoms with Crippen molar-refractivity contribution < 1.29 is 9.47 Å². The van der Waals surface area contributed by atoms with Crippen LogP contribution >= 0.6 is 0 Å². The largest absolute Gasteiger partial charge is 0.496 e. The molecule has 0 amide bonds. The summed E-state index contributed by atoms with van der Waals surface area (Å²) in [5.41, 5.74) is 5.95. The number of hydrogen-bond acceptors (Lipinski definition) is 4. The van der Waals surface area contributed by atoms with Gasteiger partial charge in [-0.1, -0.05) is 0 Å². The van der Waals surface area contributed by atoms with E-state index in [1.807, 2.05) is 6.07 Å². The van der Waals surface area contributed by atoms with E-state index in [0.29, 0.717) is 0 Å². The standard InChI is InChI=1S/C18H22N2O2/c1-10-12-6-7-19-17(12)16-13(8-11-4-5-11)14(21-2)9-15(22-3)18(16)20-10/h9,11,19H,4-8H2,1-3H3. The van der Waals surface area contributed by atoms with Gasteiger partial charge in [0.2, 0.25) is 0 Å². The number of aryl methyl sites for hydroxylation is 1. The molecule has 2 heterocycles. The maximum absolute atomic E-state index is 5.68. The molecule has 4 heteroatoms. The fourth-order valence-corrected chi connectivity index (χ4v) is 3.58. The molecule has 0 atom stereocenters. The van der Waals surface area contributed by atoms with Crippen LogP contribution in [0.1, 0.15) is 29.7 Å². The van der Waals surface area contributed by atoms with Gasteiger partial charge in [0.25, 0.3) is 0 Å². The fourth-order valence-electron chi connectivity index (χ4n) is 3.58. The molecule has 1 saturated carbocycles. The maximum Gasteiger partial charge on any atom is 0.148 e. The number of hydrogen-bond donors (Lipinski definition) is 1. The Morgan fingerprint density at radius 3 is 2.68 bits per heavy atom. The fraction of sp³-hybridized carbons (Fsp3) is 0.500. The summed E-state index contributed by atoms with van der Waals surface area (Å²) < 4.78 is 11.3. The Kier molecular flexibility index (Phi) is 3.13. The Labute approximate surface area is 130 Å². The molecule has 1 aliphatic carbocycles. The first-order valence-corrected chi connectivity index (χ1v) is 8.03. The molecule has 4 nitrogen and oxygen atoms in total. The number of benzene rings is 1. The number of anilines is 1. The molecule has 0 spiro atoms. The van der Waals surface area contributed by atoms with Crippen LogP contribution in [0.25, 0.3) is 10.9 Å². The van der Waals surface area contributed by atoms with Gasteiger partial charge < -0.3 is 14.8 Å². The Morgan fingerprint density at radius 2 is 2.00 bits per heavy atom. The predicted octanol–water partition coefficient (Wildman–Crippen LogP) is 3.48. The van der Waals surface area contributed by atoms with Gasteiger partial charge in [0.05, 0.1) is 14.2 Å². The zero-order valence-corrected chi connectivity index (χ0v) is 13.5. The summed E-state index contributed by atoms with van der Waals surface area (Å²) in [4.78, 5) is 4.86. The highest BCUT2D eigenvalue weighted by Crippen LogP contribution is 2.45. The SMILES string of the molecule is COc1cc(OC)c2nc(C)c3c(c2c1CC1CC1)NCC3. The molecule has 22 heavy (non-hydrogen) atoms. The molecule has 1 aliphatic heterocycles. The second-order valence-electron chi connectivity index (χ2n) is 6.36. The minimum atomic E-state index is 0.795. The van der Waals surface area contributed by atoms with Crippen molar-refractivity contribution in [3.8, 4) is 11.5 Å². The van der Waals surface area contributed by atoms with Crippen LogP contribution in [-0.2, 0) is 12.8 Å². The third kappa shape index (κ3) is 2.01. The molecule has 2 aliphatic rings. The molecule has 1 fully saturated rings. The van der Waals surface area contributed by atoms with Crippen LogP contribution < -0.4 is 14.8 Å². The van der Waals surface area contributed by atoms with E-state index in [2.05, 4.69) is 12.2 Å². The smallest absolute Gasteiger partial charge is 0.148 e. The summed E-state index contributed by atoms with van der Waals surface area (Å²) in [5, 5.41) is 4.78. The van der Waals surface area contributed by atoms with E-state index in [1.165, 1.54) is 35.0 Å². The molecule has 0 radical (unpaired) electrons. The molecule has 1 aromatic heterocycles. The van der Waals surface area contributed by atoms with E-state index in [4.69, 9.17) is 14.5 Å². The summed E-state index contributed by atoms with van der Waals surface area (Å²) in [7, 11) is 3.44. The van der Waals surface area contributed by atoms with E-state index in [0.717, 1.165) is 48.0 Å². The van der Waals surface area contributed by atoms with Gasteiger partial charge in [-0.25, -0.2) is 4.98 Å². The molecule has 0 bridgehead atoms. The lowest BCUT2D eigenvalue weighted by molar-refractivity contribution is 0.393. The molecule has 4 rings (SSSR count). The molecular formula is C18H22N2O2. The van der Waals surface area contributed by atoms with Gasteiger partial charge in [0.15, 0.2) is 0 Å². The van der Waals surface area contributed by atoms with Crippen molar-refractivity contribution in [1.29, 1.82) is 0 Å². The van der Waals surface area contributed by atoms with Gasteiger partial charge in [0, 0.05) is 34.9 Å². The lowest BCUT2D eigenvalue weighted by atomic mass is 9.97. The van der Waals surface area contributed by atoms with Crippen molar-refractivity contribution in [2.75, 3.05) is 26.1 Å². The van der Waals surface area contributed by atoms with Gasteiger partial charge >= 0.3 is 0 Å². The van der Waals surface area contributed by atoms with Gasteiger partial charge in [-0.15, -0.1) is 0 Å². The first-order chi connectivity index (χ1) is 10.7. The second-order valence-corrected chi connectivity index (χ2v) is 6.36. The van der Waals surface area contributed by atoms with Crippen molar-refractivity contribution in [2.24, 2.45) is 5.92 Å². The van der Waals surface area contributed by atoms with Gasteiger partial charge in [-0.2, -0.15) is 0 Å². The molecule has 0 saturated heterocycles. The number of nitrogens with zero attached hydrogens (tertiary/aromatic N) is 1. The highest BCUT2D eigenvalue weighted by molar-refractivity contribution is 6.01. The summed E-state index contributed by atoms with van der Waals surface area (Å²) in [6, 6.07) is 1.99. The highest BCUT2D eigenvalue weighted by atomic mass is 16.5. The van der Waals surface area contributed by atoms with Crippen LogP contribution in [0, 0.1) is 12.8 Å². The summed E-state index contributed by atoms with van der Waals surface area (Å²) in [6.45, 7) is 3.08. The summed E-state index contributed by atoms with van der Waals surface area (Å²) in [6.07, 6.45) is 4.77. The number of aromatic nitrogens is 1. The number of pyridine rings is 1. The van der Waals surface area contributed by atoms with Gasteiger partial charge in [-0.05, 0) is 44.1 Å². The lowest BCUT2D eigenvalue weighted by Gasteiger charge is -2.18. The van der Waals surface area contributed by atoms with Crippen LogP contribution in [-0.4, -0.2) is 25.7 Å². The number of methoxy groups -OCH3 is 2. The number of nitrogens with one attached hydrogen (secondary N) is 1. The van der Waals surface area contributed by atoms with E-state index < -0.39 is 0 Å². The lowest BCUT2D eigenvalue weighted by Crippen LogP contribution is -2.03. The molecular weight excluding hydrogens is 276 g/mol. The van der Waals surface area contributed by atoms with Crippen LogP contribution in [0.3, 0.4) is 0 Å². The predicted molar refractivity (Wildman–Crippen MR) is 88.2 cm³/mol. The first kappa shape index (κ1) is 13.7. The molecule has 0 unspecified atom stereocenters. The maximum atomic E-state index is 5.68. The van der Waals surface area contributed by atoms with E-state index >= 15 is 0 Å². The Morgan fingerprint density at radius 1 is 1.23 bits per heavy atom. The number of ether oxygens (including phenoxy) is 2. The molecule has 1 N–H and O–H groups in total. The van der Waals surface area contributed by atoms with Crippen molar-refractivity contribution in [3.63, 3.8) is 0 Å². The third-order valence-electron chi connectivity index (χ3n) is 4.91. The quantitative estimate of drug-likeness (QED) is 0.938. The average Bonchev–Trinajstić information content (AvgIpc) is 3.20. The van der Waals surface area contributed by atoms with Crippen LogP contribution in [0.2, 0.25) is 0 Å². The van der Waals surface area contributed by atoms with Crippen LogP contribution in [0.15, 0.2) is 6.07 Å². The average molecular weight is 298 g/mol. The van der Waals surface area contributed by atoms with Crippen molar-refractivity contribution in [2.45, 2.75) is 32.6 Å². The van der Waals surface area contributed by atoms with E-state index in [9.17, 15) is 0 Å². The Balaban J connectivity index is 2.07. The van der Waals surface area contributed by atoms with Crippen LogP contribution in [0.5, 0.6) is 11.5 Å². The third-order valence-corrected chi connectivity index (χ3v) is 4.91. The van der Waals surface area contributed by atoms with Crippen molar-refractivity contribution >= 4 is 16.6 Å². The zero-order chi connectivity index (χ0) is 15.3. The minimum Gasteiger partial charge on any atom is -0.496 e. The number of fused-ring (bicyclic) bond motifs is 3. The Bertz CT molecular complexity index is 751. The van der Waals surface area contributed by atoms with Crippen molar-refractivity contribution in [3.05, 3.63) is 22.9 Å². The molecule has 116 valence electrons. The van der Waals surface area contributed by atoms with E-state index in [-0.39, 0.29) is 0 Å². The first-order valence-electron chi connectivity index (χ1n) is 8.03. The molecule has 2 aromatic rings. The second kappa shape index (κ2) is 5.04. The topological polar surface area (TPSA) is 43.4 Å². The van der Waals surface area contributed by atoms with E-state index in [1.54, 1.807) is 14.2 Å². The summed E-state index contributed by atoms with van der Waals surface area (Å²) >= 11 is 0. The monoisotopic (exact) mass is 298 g/mol. The molecule has 1 aromatic carbocycles. The van der Waals surface area contributed by atoms with Gasteiger partial charge in [-0.3, -0.25) is 0 Å². The normalized spacial score (nSPS) is 16.5. The zero-order valence-electron chi connectivity index (χ0n) is 13.5. The van der Waals surface area contributed by atoms with Crippen molar-refractivity contribution in [1.82, 2.24) is 4.98 Å². The minimum absolute atomic E-state index is 0.795.